The topological polar surface area (TPSA) is 57.2 Å². The molecule has 0 bridgehead atoms. The molecule has 7 heteroatoms. The van der Waals surface area contributed by atoms with Gasteiger partial charge >= 0.3 is 0 Å². The van der Waals surface area contributed by atoms with Gasteiger partial charge in [0.25, 0.3) is 0 Å². The van der Waals surface area contributed by atoms with Gasteiger partial charge in [-0.25, -0.2) is 0 Å². The molecule has 2 aliphatic rings. The lowest BCUT2D eigenvalue weighted by molar-refractivity contribution is -0.182. The molecule has 0 radical (unpaired) electrons. The standard InChI is InChI=1S/C27H37NO5Si/c1-26(2)31-19-24(32-26)27(33-34(4,5)6,21-10-8-7-9-11-21)23-16-17-25(29)28(23)18-20-12-14-22(30-3)15-13-20/h7-15,23-24H,16-19H2,1-6H3/t23-,24+,27?/m0/s1. The first-order chi connectivity index (χ1) is 16.0. The molecule has 6 nitrogen and oxygen atoms in total. The minimum atomic E-state index is -2.10. The first-order valence-corrected chi connectivity index (χ1v) is 15.4. The van der Waals surface area contributed by atoms with Gasteiger partial charge < -0.3 is 23.5 Å². The number of hydrogen-bond donors (Lipinski definition) is 0. The summed E-state index contributed by atoms with van der Waals surface area (Å²) in [7, 11) is -0.448. The summed E-state index contributed by atoms with van der Waals surface area (Å²) < 4.78 is 25.0. The third-order valence-electron chi connectivity index (χ3n) is 6.52. The van der Waals surface area contributed by atoms with Crippen molar-refractivity contribution in [2.45, 2.75) is 76.4 Å². The number of nitrogens with zero attached hydrogens (tertiary/aromatic N) is 1. The van der Waals surface area contributed by atoms with E-state index in [1.54, 1.807) is 7.11 Å². The second-order valence-corrected chi connectivity index (χ2v) is 15.0. The Balaban J connectivity index is 1.81. The van der Waals surface area contributed by atoms with Gasteiger partial charge in [-0.2, -0.15) is 0 Å². The van der Waals surface area contributed by atoms with Crippen molar-refractivity contribution < 1.29 is 23.4 Å². The average molecular weight is 484 g/mol. The van der Waals surface area contributed by atoms with Gasteiger partial charge in [-0.1, -0.05) is 42.5 Å². The summed E-state index contributed by atoms with van der Waals surface area (Å²) >= 11 is 0. The lowest BCUT2D eigenvalue weighted by Crippen LogP contribution is -2.60. The van der Waals surface area contributed by atoms with Gasteiger partial charge in [0.05, 0.1) is 19.8 Å². The van der Waals surface area contributed by atoms with Gasteiger partial charge in [0, 0.05) is 13.0 Å². The van der Waals surface area contributed by atoms with Gasteiger partial charge in [-0.05, 0) is 63.2 Å². The number of rotatable bonds is 8. The highest BCUT2D eigenvalue weighted by Gasteiger charge is 2.58. The first kappa shape index (κ1) is 24.9. The first-order valence-electron chi connectivity index (χ1n) is 12.0. The van der Waals surface area contributed by atoms with Crippen LogP contribution in [0.5, 0.6) is 5.75 Å². The molecule has 1 amide bonds. The molecular formula is C27H37NO5Si. The second-order valence-electron chi connectivity index (χ2n) is 10.6. The third-order valence-corrected chi connectivity index (χ3v) is 7.47. The minimum Gasteiger partial charge on any atom is -0.497 e. The zero-order valence-electron chi connectivity index (χ0n) is 21.2. The molecule has 0 aliphatic carbocycles. The number of carbonyl (C=O) groups is 1. The lowest BCUT2D eigenvalue weighted by Gasteiger charge is -2.49. The van der Waals surface area contributed by atoms with Crippen LogP contribution in [0.4, 0.5) is 0 Å². The summed E-state index contributed by atoms with van der Waals surface area (Å²) in [6, 6.07) is 18.0. The van der Waals surface area contributed by atoms with E-state index in [4.69, 9.17) is 18.6 Å². The smallest absolute Gasteiger partial charge is 0.223 e. The molecule has 34 heavy (non-hydrogen) atoms. The van der Waals surface area contributed by atoms with E-state index in [0.717, 1.165) is 16.9 Å². The Bertz CT molecular complexity index is 988. The van der Waals surface area contributed by atoms with Gasteiger partial charge in [0.15, 0.2) is 14.1 Å². The summed E-state index contributed by atoms with van der Waals surface area (Å²) in [5, 5.41) is 0. The molecule has 1 unspecified atom stereocenters. The van der Waals surface area contributed by atoms with Crippen molar-refractivity contribution in [3.05, 3.63) is 65.7 Å². The predicted molar refractivity (Wildman–Crippen MR) is 134 cm³/mol. The highest BCUT2D eigenvalue weighted by Crippen LogP contribution is 2.47. The molecule has 4 rings (SSSR count). The van der Waals surface area contributed by atoms with E-state index >= 15 is 0 Å². The van der Waals surface area contributed by atoms with Crippen LogP contribution in [-0.4, -0.2) is 50.8 Å². The molecule has 0 aromatic heterocycles. The Morgan fingerprint density at radius 2 is 1.76 bits per heavy atom. The number of likely N-dealkylation sites (tertiary alicyclic amines) is 1. The van der Waals surface area contributed by atoms with Gasteiger partial charge in [-0.15, -0.1) is 0 Å². The number of carbonyl (C=O) groups excluding carboxylic acids is 1. The molecule has 0 saturated carbocycles. The van der Waals surface area contributed by atoms with Crippen LogP contribution >= 0.6 is 0 Å². The van der Waals surface area contributed by atoms with Crippen LogP contribution in [-0.2, 0) is 30.8 Å². The maximum absolute atomic E-state index is 13.3. The predicted octanol–water partition coefficient (Wildman–Crippen LogP) is 5.08. The second kappa shape index (κ2) is 9.45. The van der Waals surface area contributed by atoms with Gasteiger partial charge in [0.2, 0.25) is 5.91 Å². The summed E-state index contributed by atoms with van der Waals surface area (Å²) in [5.74, 6) is 0.225. The van der Waals surface area contributed by atoms with Crippen molar-refractivity contribution in [2.75, 3.05) is 13.7 Å². The van der Waals surface area contributed by atoms with E-state index in [1.807, 2.05) is 61.2 Å². The maximum Gasteiger partial charge on any atom is 0.223 e. The molecule has 2 fully saturated rings. The van der Waals surface area contributed by atoms with Crippen molar-refractivity contribution in [3.8, 4) is 5.75 Å². The Kier molecular flexibility index (Phi) is 6.93. The minimum absolute atomic E-state index is 0.137. The van der Waals surface area contributed by atoms with Crippen LogP contribution in [0.3, 0.4) is 0 Å². The molecule has 0 spiro atoms. The largest absolute Gasteiger partial charge is 0.497 e. The molecule has 2 aliphatic heterocycles. The van der Waals surface area contributed by atoms with Crippen molar-refractivity contribution in [3.63, 3.8) is 0 Å². The summed E-state index contributed by atoms with van der Waals surface area (Å²) in [5.41, 5.74) is 1.25. The average Bonchev–Trinajstić information content (AvgIpc) is 3.35. The summed E-state index contributed by atoms with van der Waals surface area (Å²) in [6.45, 7) is 11.4. The number of amides is 1. The fourth-order valence-corrected chi connectivity index (χ4v) is 6.59. The lowest BCUT2D eigenvalue weighted by atomic mass is 9.80. The van der Waals surface area contributed by atoms with Crippen LogP contribution < -0.4 is 4.74 Å². The van der Waals surface area contributed by atoms with Crippen molar-refractivity contribution in [1.29, 1.82) is 0 Å². The van der Waals surface area contributed by atoms with Crippen LogP contribution in [0, 0.1) is 0 Å². The van der Waals surface area contributed by atoms with Gasteiger partial charge in [0.1, 0.15) is 17.5 Å². The molecule has 2 aromatic rings. The van der Waals surface area contributed by atoms with Crippen LogP contribution in [0.2, 0.25) is 19.6 Å². The Morgan fingerprint density at radius 3 is 2.32 bits per heavy atom. The van der Waals surface area contributed by atoms with Gasteiger partial charge in [-0.3, -0.25) is 4.79 Å². The Morgan fingerprint density at radius 1 is 1.09 bits per heavy atom. The maximum atomic E-state index is 13.3. The summed E-state index contributed by atoms with van der Waals surface area (Å²) in [4.78, 5) is 15.3. The van der Waals surface area contributed by atoms with Crippen molar-refractivity contribution in [2.24, 2.45) is 0 Å². The summed E-state index contributed by atoms with van der Waals surface area (Å²) in [6.07, 6.45) is 0.849. The van der Waals surface area contributed by atoms with E-state index in [0.29, 0.717) is 26.0 Å². The van der Waals surface area contributed by atoms with Crippen molar-refractivity contribution in [1.82, 2.24) is 4.90 Å². The number of benzene rings is 2. The molecular weight excluding hydrogens is 446 g/mol. The van der Waals surface area contributed by atoms with Crippen LogP contribution in [0.25, 0.3) is 0 Å². The molecule has 2 heterocycles. The Hall–Kier alpha value is -2.19. The molecule has 3 atom stereocenters. The van der Waals surface area contributed by atoms with E-state index in [2.05, 4.69) is 31.8 Å². The van der Waals surface area contributed by atoms with E-state index in [-0.39, 0.29) is 18.1 Å². The third kappa shape index (κ3) is 5.08. The zero-order valence-corrected chi connectivity index (χ0v) is 22.2. The molecule has 2 aromatic carbocycles. The number of methoxy groups -OCH3 is 1. The molecule has 184 valence electrons. The number of hydrogen-bond acceptors (Lipinski definition) is 5. The molecule has 2 saturated heterocycles. The van der Waals surface area contributed by atoms with E-state index in [1.165, 1.54) is 0 Å². The number of ether oxygens (including phenoxy) is 3. The van der Waals surface area contributed by atoms with Crippen LogP contribution in [0.15, 0.2) is 54.6 Å². The van der Waals surface area contributed by atoms with E-state index < -0.39 is 19.7 Å². The highest BCUT2D eigenvalue weighted by atomic mass is 28.4. The fourth-order valence-electron chi connectivity index (χ4n) is 5.19. The fraction of sp³-hybridized carbons (Fsp3) is 0.519. The highest BCUT2D eigenvalue weighted by molar-refractivity contribution is 6.69. The van der Waals surface area contributed by atoms with E-state index in [9.17, 15) is 4.79 Å². The Labute approximate surface area is 204 Å². The van der Waals surface area contributed by atoms with Crippen molar-refractivity contribution >= 4 is 14.2 Å². The quantitative estimate of drug-likeness (QED) is 0.490. The molecule has 0 N–H and O–H groups in total. The SMILES string of the molecule is COc1ccc(CN2C(=O)CC[C@H]2C(O[Si](C)(C)C)(c2ccccc2)[C@H]2COC(C)(C)O2)cc1. The van der Waals surface area contributed by atoms with Crippen LogP contribution in [0.1, 0.15) is 37.8 Å². The zero-order chi connectivity index (χ0) is 24.6. The monoisotopic (exact) mass is 483 g/mol. The normalized spacial score (nSPS) is 24.3.